The van der Waals surface area contributed by atoms with Crippen LogP contribution in [0.2, 0.25) is 0 Å². The molecule has 1 aromatic heterocycles. The molecule has 0 unspecified atom stereocenters. The van der Waals surface area contributed by atoms with Crippen LogP contribution in [-0.4, -0.2) is 4.57 Å². The number of halogens is 2. The molecule has 0 atom stereocenters. The molecule has 2 aromatic rings. The van der Waals surface area contributed by atoms with Crippen molar-refractivity contribution in [3.8, 4) is 0 Å². The van der Waals surface area contributed by atoms with E-state index in [0.29, 0.717) is 17.6 Å². The first-order chi connectivity index (χ1) is 9.60. The highest BCUT2D eigenvalue weighted by Gasteiger charge is 2.02. The third kappa shape index (κ3) is 3.70. The number of rotatable bonds is 5. The summed E-state index contributed by atoms with van der Waals surface area (Å²) in [5.41, 5.74) is 1.84. The summed E-state index contributed by atoms with van der Waals surface area (Å²) < 4.78 is 15.3. The van der Waals surface area contributed by atoms with Crippen molar-refractivity contribution >= 4 is 21.6 Å². The first-order valence-electron chi connectivity index (χ1n) is 6.48. The lowest BCUT2D eigenvalue weighted by atomic mass is 10.2. The maximum Gasteiger partial charge on any atom is 0.250 e. The number of aryl methyl sites for hydroxylation is 1. The lowest BCUT2D eigenvalue weighted by molar-refractivity contribution is 0.620. The molecule has 2 rings (SSSR count). The van der Waals surface area contributed by atoms with E-state index in [2.05, 4.69) is 21.2 Å². The highest BCUT2D eigenvalue weighted by Crippen LogP contribution is 2.17. The van der Waals surface area contributed by atoms with E-state index in [1.54, 1.807) is 28.8 Å². The van der Waals surface area contributed by atoms with E-state index in [1.807, 2.05) is 13.1 Å². The SMILES string of the molecule is CCCn1cc(NCc2ccc(F)c(Br)c2)ccc1=O. The van der Waals surface area contributed by atoms with Crippen LogP contribution in [0.5, 0.6) is 0 Å². The predicted octanol–water partition coefficient (Wildman–Crippen LogP) is 3.77. The van der Waals surface area contributed by atoms with Gasteiger partial charge in [0, 0.05) is 25.4 Å². The van der Waals surface area contributed by atoms with Crippen LogP contribution in [0.15, 0.2) is 45.8 Å². The summed E-state index contributed by atoms with van der Waals surface area (Å²) in [6.45, 7) is 3.31. The second-order valence-corrected chi connectivity index (χ2v) is 5.41. The summed E-state index contributed by atoms with van der Waals surface area (Å²) in [7, 11) is 0. The van der Waals surface area contributed by atoms with Crippen LogP contribution < -0.4 is 10.9 Å². The summed E-state index contributed by atoms with van der Waals surface area (Å²) in [5, 5.41) is 3.23. The Bertz CT molecular complexity index is 655. The van der Waals surface area contributed by atoms with Crippen molar-refractivity contribution in [3.05, 3.63) is 62.7 Å². The lowest BCUT2D eigenvalue weighted by Crippen LogP contribution is -2.18. The van der Waals surface area contributed by atoms with Crippen LogP contribution in [0.4, 0.5) is 10.1 Å². The molecule has 0 aliphatic heterocycles. The zero-order valence-corrected chi connectivity index (χ0v) is 12.8. The van der Waals surface area contributed by atoms with Crippen LogP contribution >= 0.6 is 15.9 Å². The Balaban J connectivity index is 2.08. The minimum Gasteiger partial charge on any atom is -0.380 e. The maximum atomic E-state index is 13.1. The predicted molar refractivity (Wildman–Crippen MR) is 82.4 cm³/mol. The zero-order valence-electron chi connectivity index (χ0n) is 11.2. The van der Waals surface area contributed by atoms with E-state index in [-0.39, 0.29) is 11.4 Å². The zero-order chi connectivity index (χ0) is 14.5. The van der Waals surface area contributed by atoms with Crippen LogP contribution in [0.25, 0.3) is 0 Å². The normalized spacial score (nSPS) is 10.6. The molecule has 0 saturated heterocycles. The monoisotopic (exact) mass is 338 g/mol. The topological polar surface area (TPSA) is 34.0 Å². The number of nitrogens with one attached hydrogen (secondary N) is 1. The molecular weight excluding hydrogens is 323 g/mol. The Morgan fingerprint density at radius 3 is 2.80 bits per heavy atom. The quantitative estimate of drug-likeness (QED) is 0.900. The minimum atomic E-state index is -0.273. The molecule has 1 aromatic carbocycles. The first kappa shape index (κ1) is 14.8. The van der Waals surface area contributed by atoms with Crippen molar-refractivity contribution in [2.45, 2.75) is 26.4 Å². The van der Waals surface area contributed by atoms with E-state index < -0.39 is 0 Å². The number of pyridine rings is 1. The average molecular weight is 339 g/mol. The minimum absolute atomic E-state index is 0.00178. The van der Waals surface area contributed by atoms with Gasteiger partial charge in [0.2, 0.25) is 0 Å². The molecule has 0 spiro atoms. The summed E-state index contributed by atoms with van der Waals surface area (Å²) in [6.07, 6.45) is 2.72. The second kappa shape index (κ2) is 6.70. The number of aromatic nitrogens is 1. The highest BCUT2D eigenvalue weighted by molar-refractivity contribution is 9.10. The molecule has 3 nitrogen and oxygen atoms in total. The van der Waals surface area contributed by atoms with Gasteiger partial charge in [0.15, 0.2) is 0 Å². The third-order valence-electron chi connectivity index (χ3n) is 2.93. The molecule has 1 heterocycles. The Morgan fingerprint density at radius 2 is 2.10 bits per heavy atom. The van der Waals surface area contributed by atoms with Crippen molar-refractivity contribution in [1.29, 1.82) is 0 Å². The van der Waals surface area contributed by atoms with Gasteiger partial charge in [-0.3, -0.25) is 4.79 Å². The smallest absolute Gasteiger partial charge is 0.250 e. The van der Waals surface area contributed by atoms with E-state index in [0.717, 1.165) is 17.7 Å². The van der Waals surface area contributed by atoms with Gasteiger partial charge in [0.25, 0.3) is 5.56 Å². The van der Waals surface area contributed by atoms with Gasteiger partial charge < -0.3 is 9.88 Å². The fourth-order valence-corrected chi connectivity index (χ4v) is 2.33. The van der Waals surface area contributed by atoms with Crippen molar-refractivity contribution < 1.29 is 4.39 Å². The molecule has 106 valence electrons. The number of benzene rings is 1. The molecular formula is C15H16BrFN2O. The van der Waals surface area contributed by atoms with Crippen LogP contribution in [0.3, 0.4) is 0 Å². The first-order valence-corrected chi connectivity index (χ1v) is 7.27. The summed E-state index contributed by atoms with van der Waals surface area (Å²) >= 11 is 3.17. The fourth-order valence-electron chi connectivity index (χ4n) is 1.91. The van der Waals surface area contributed by atoms with Gasteiger partial charge in [0.05, 0.1) is 10.2 Å². The van der Waals surface area contributed by atoms with E-state index in [1.165, 1.54) is 6.07 Å². The summed E-state index contributed by atoms with van der Waals surface area (Å²) in [4.78, 5) is 11.6. The van der Waals surface area contributed by atoms with Gasteiger partial charge in [-0.1, -0.05) is 13.0 Å². The molecule has 1 N–H and O–H groups in total. The molecule has 5 heteroatoms. The van der Waals surface area contributed by atoms with E-state index in [9.17, 15) is 9.18 Å². The van der Waals surface area contributed by atoms with Gasteiger partial charge in [-0.15, -0.1) is 0 Å². The number of hydrogen-bond acceptors (Lipinski definition) is 2. The molecule has 0 amide bonds. The second-order valence-electron chi connectivity index (χ2n) is 4.55. The standard InChI is InChI=1S/C15H16BrFN2O/c1-2-7-19-10-12(4-6-15(19)20)18-9-11-3-5-14(17)13(16)8-11/h3-6,8,10,18H,2,7,9H2,1H3. The van der Waals surface area contributed by atoms with Crippen molar-refractivity contribution in [2.24, 2.45) is 0 Å². The highest BCUT2D eigenvalue weighted by atomic mass is 79.9. The lowest BCUT2D eigenvalue weighted by Gasteiger charge is -2.10. The molecule has 0 aliphatic carbocycles. The Labute approximate surface area is 125 Å². The van der Waals surface area contributed by atoms with Crippen LogP contribution in [0, 0.1) is 5.82 Å². The number of anilines is 1. The van der Waals surface area contributed by atoms with Gasteiger partial charge in [0.1, 0.15) is 5.82 Å². The molecule has 0 fully saturated rings. The Kier molecular flexibility index (Phi) is 4.95. The van der Waals surface area contributed by atoms with E-state index in [4.69, 9.17) is 0 Å². The Morgan fingerprint density at radius 1 is 1.30 bits per heavy atom. The average Bonchev–Trinajstić information content (AvgIpc) is 2.43. The fraction of sp³-hybridized carbons (Fsp3) is 0.267. The van der Waals surface area contributed by atoms with Crippen molar-refractivity contribution in [2.75, 3.05) is 5.32 Å². The largest absolute Gasteiger partial charge is 0.380 e. The molecule has 20 heavy (non-hydrogen) atoms. The molecule has 0 saturated carbocycles. The number of nitrogens with zero attached hydrogens (tertiary/aromatic N) is 1. The van der Waals surface area contributed by atoms with Crippen molar-refractivity contribution in [1.82, 2.24) is 4.57 Å². The third-order valence-corrected chi connectivity index (χ3v) is 3.54. The summed E-state index contributed by atoms with van der Waals surface area (Å²) in [6, 6.07) is 8.21. The van der Waals surface area contributed by atoms with Crippen molar-refractivity contribution in [3.63, 3.8) is 0 Å². The maximum absolute atomic E-state index is 13.1. The summed E-state index contributed by atoms with van der Waals surface area (Å²) in [5.74, 6) is -0.273. The molecule has 0 bridgehead atoms. The molecule has 0 radical (unpaired) electrons. The van der Waals surface area contributed by atoms with Gasteiger partial charge >= 0.3 is 0 Å². The van der Waals surface area contributed by atoms with Gasteiger partial charge in [-0.25, -0.2) is 4.39 Å². The van der Waals surface area contributed by atoms with Crippen LogP contribution in [0.1, 0.15) is 18.9 Å². The van der Waals surface area contributed by atoms with Crippen LogP contribution in [-0.2, 0) is 13.1 Å². The van der Waals surface area contributed by atoms with Gasteiger partial charge in [-0.05, 0) is 46.1 Å². The Hall–Kier alpha value is -1.62. The number of hydrogen-bond donors (Lipinski definition) is 1. The van der Waals surface area contributed by atoms with Gasteiger partial charge in [-0.2, -0.15) is 0 Å². The molecule has 0 aliphatic rings. The van der Waals surface area contributed by atoms with E-state index >= 15 is 0 Å².